The first kappa shape index (κ1) is 16.8. The lowest BCUT2D eigenvalue weighted by atomic mass is 9.94. The molecule has 8 heteroatoms. The van der Waals surface area contributed by atoms with Crippen molar-refractivity contribution in [3.05, 3.63) is 35.9 Å². The van der Waals surface area contributed by atoms with Crippen molar-refractivity contribution in [2.45, 2.75) is 31.0 Å². The maximum absolute atomic E-state index is 13.1. The number of rotatable bonds is 4. The van der Waals surface area contributed by atoms with Gasteiger partial charge in [-0.15, -0.1) is 0 Å². The Labute approximate surface area is 126 Å². The lowest BCUT2D eigenvalue weighted by molar-refractivity contribution is -0.157. The number of nitrogens with one attached hydrogen (secondary N) is 1. The smallest absolute Gasteiger partial charge is 0.352 e. The highest BCUT2D eigenvalue weighted by Crippen LogP contribution is 2.37. The first-order valence-electron chi connectivity index (χ1n) is 6.79. The van der Waals surface area contributed by atoms with Gasteiger partial charge in [-0.1, -0.05) is 30.3 Å². The molecule has 0 saturated carbocycles. The molecule has 1 aromatic carbocycles. The lowest BCUT2D eigenvalue weighted by Crippen LogP contribution is -2.38. The maximum Gasteiger partial charge on any atom is 0.396 e. The van der Waals surface area contributed by atoms with E-state index in [1.165, 1.54) is 24.3 Å². The number of hydrogen-bond donors (Lipinski definition) is 1. The summed E-state index contributed by atoms with van der Waals surface area (Å²) in [6.45, 7) is 0. The molecule has 2 rings (SSSR count). The number of carbonyl (C=O) groups is 1. The molecule has 122 valence electrons. The van der Waals surface area contributed by atoms with E-state index < -0.39 is 40.3 Å². The molecule has 1 amide bonds. The van der Waals surface area contributed by atoms with Gasteiger partial charge >= 0.3 is 6.18 Å². The van der Waals surface area contributed by atoms with Crippen molar-refractivity contribution in [2.24, 2.45) is 0 Å². The number of benzene rings is 1. The fourth-order valence-corrected chi connectivity index (χ4v) is 4.16. The van der Waals surface area contributed by atoms with Crippen LogP contribution in [0.2, 0.25) is 0 Å². The van der Waals surface area contributed by atoms with Crippen LogP contribution in [-0.4, -0.2) is 38.0 Å². The lowest BCUT2D eigenvalue weighted by Gasteiger charge is -2.21. The Morgan fingerprint density at radius 3 is 2.41 bits per heavy atom. The fourth-order valence-electron chi connectivity index (χ4n) is 2.49. The van der Waals surface area contributed by atoms with Crippen LogP contribution in [-0.2, 0) is 14.6 Å². The molecule has 0 aliphatic carbocycles. The molecule has 1 aliphatic rings. The minimum Gasteiger partial charge on any atom is -0.352 e. The highest BCUT2D eigenvalue weighted by molar-refractivity contribution is 7.91. The molecule has 2 unspecified atom stereocenters. The molecule has 1 aromatic rings. The second-order valence-corrected chi connectivity index (χ2v) is 7.61. The van der Waals surface area contributed by atoms with Crippen molar-refractivity contribution in [1.82, 2.24) is 5.32 Å². The van der Waals surface area contributed by atoms with Crippen molar-refractivity contribution >= 4 is 15.7 Å². The fraction of sp³-hybridized carbons (Fsp3) is 0.500. The molecule has 22 heavy (non-hydrogen) atoms. The van der Waals surface area contributed by atoms with Gasteiger partial charge < -0.3 is 5.32 Å². The SMILES string of the molecule is O=C(CC(c1ccccc1)C(F)(F)F)NC1CCS(=O)(=O)C1. The molecule has 1 N–H and O–H groups in total. The number of hydrogen-bond acceptors (Lipinski definition) is 3. The van der Waals surface area contributed by atoms with E-state index in [0.717, 1.165) is 0 Å². The monoisotopic (exact) mass is 335 g/mol. The maximum atomic E-state index is 13.1. The number of sulfone groups is 1. The summed E-state index contributed by atoms with van der Waals surface area (Å²) < 4.78 is 62.0. The predicted octanol–water partition coefficient (Wildman–Crippen LogP) is 2.03. The second-order valence-electron chi connectivity index (χ2n) is 5.38. The van der Waals surface area contributed by atoms with E-state index in [2.05, 4.69) is 5.32 Å². The molecule has 0 spiro atoms. The summed E-state index contributed by atoms with van der Waals surface area (Å²) in [6, 6.07) is 6.62. The summed E-state index contributed by atoms with van der Waals surface area (Å²) in [6.07, 6.45) is -5.04. The minimum atomic E-state index is -4.54. The zero-order valence-electron chi connectivity index (χ0n) is 11.6. The van der Waals surface area contributed by atoms with Crippen LogP contribution >= 0.6 is 0 Å². The summed E-state index contributed by atoms with van der Waals surface area (Å²) in [5, 5.41) is 2.39. The Balaban J connectivity index is 2.04. The quantitative estimate of drug-likeness (QED) is 0.916. The first-order chi connectivity index (χ1) is 10.2. The molecule has 1 heterocycles. The second kappa shape index (κ2) is 6.28. The summed E-state index contributed by atoms with van der Waals surface area (Å²) in [5.41, 5.74) is 0.0178. The summed E-state index contributed by atoms with van der Waals surface area (Å²) in [5.74, 6) is -2.93. The highest BCUT2D eigenvalue weighted by Gasteiger charge is 2.42. The van der Waals surface area contributed by atoms with E-state index in [4.69, 9.17) is 0 Å². The van der Waals surface area contributed by atoms with Gasteiger partial charge in [0.25, 0.3) is 0 Å². The van der Waals surface area contributed by atoms with Gasteiger partial charge in [0.1, 0.15) is 0 Å². The van der Waals surface area contributed by atoms with Gasteiger partial charge in [0.15, 0.2) is 9.84 Å². The third kappa shape index (κ3) is 4.46. The molecule has 0 aromatic heterocycles. The molecule has 0 bridgehead atoms. The Morgan fingerprint density at radius 2 is 1.91 bits per heavy atom. The molecular formula is C14H16F3NO3S. The van der Waals surface area contributed by atoms with Crippen molar-refractivity contribution in [3.8, 4) is 0 Å². The van der Waals surface area contributed by atoms with Gasteiger partial charge in [-0.05, 0) is 12.0 Å². The van der Waals surface area contributed by atoms with Gasteiger partial charge in [-0.2, -0.15) is 13.2 Å². The molecule has 1 saturated heterocycles. The third-order valence-electron chi connectivity index (χ3n) is 3.58. The number of carbonyl (C=O) groups excluding carboxylic acids is 1. The largest absolute Gasteiger partial charge is 0.396 e. The van der Waals surface area contributed by atoms with Gasteiger partial charge in [0.2, 0.25) is 5.91 Å². The normalized spacial score (nSPS) is 22.2. The summed E-state index contributed by atoms with van der Waals surface area (Å²) in [7, 11) is -3.19. The Kier molecular flexibility index (Phi) is 4.79. The van der Waals surface area contributed by atoms with Crippen LogP contribution in [0.5, 0.6) is 0 Å². The molecule has 1 aliphatic heterocycles. The van der Waals surface area contributed by atoms with E-state index in [-0.39, 0.29) is 23.5 Å². The summed E-state index contributed by atoms with van der Waals surface area (Å²) >= 11 is 0. The number of halogens is 3. The van der Waals surface area contributed by atoms with Crippen LogP contribution in [0.1, 0.15) is 24.3 Å². The zero-order valence-corrected chi connectivity index (χ0v) is 12.5. The Morgan fingerprint density at radius 1 is 1.27 bits per heavy atom. The van der Waals surface area contributed by atoms with Crippen molar-refractivity contribution in [3.63, 3.8) is 0 Å². The van der Waals surface area contributed by atoms with E-state index in [1.807, 2.05) is 0 Å². The van der Waals surface area contributed by atoms with Crippen LogP contribution < -0.4 is 5.32 Å². The molecule has 2 atom stereocenters. The minimum absolute atomic E-state index is 0.0178. The molecule has 0 radical (unpaired) electrons. The predicted molar refractivity (Wildman–Crippen MR) is 75.1 cm³/mol. The van der Waals surface area contributed by atoms with Crippen molar-refractivity contribution in [2.75, 3.05) is 11.5 Å². The van der Waals surface area contributed by atoms with Crippen LogP contribution in [0.3, 0.4) is 0 Å². The zero-order chi connectivity index (χ0) is 16.4. The molecule has 1 fully saturated rings. The van der Waals surface area contributed by atoms with E-state index in [1.54, 1.807) is 6.07 Å². The topological polar surface area (TPSA) is 63.2 Å². The Bertz CT molecular complexity index is 628. The van der Waals surface area contributed by atoms with Gasteiger partial charge in [0.05, 0.1) is 17.4 Å². The van der Waals surface area contributed by atoms with Crippen LogP contribution in [0.25, 0.3) is 0 Å². The van der Waals surface area contributed by atoms with Crippen molar-refractivity contribution < 1.29 is 26.4 Å². The number of amides is 1. The van der Waals surface area contributed by atoms with Crippen LogP contribution in [0.4, 0.5) is 13.2 Å². The van der Waals surface area contributed by atoms with E-state index in [0.29, 0.717) is 0 Å². The first-order valence-corrected chi connectivity index (χ1v) is 8.61. The third-order valence-corrected chi connectivity index (χ3v) is 5.35. The van der Waals surface area contributed by atoms with E-state index >= 15 is 0 Å². The van der Waals surface area contributed by atoms with Gasteiger partial charge in [-0.3, -0.25) is 4.79 Å². The summed E-state index contributed by atoms with van der Waals surface area (Å²) in [4.78, 5) is 11.8. The van der Waals surface area contributed by atoms with E-state index in [9.17, 15) is 26.4 Å². The van der Waals surface area contributed by atoms with Crippen molar-refractivity contribution in [1.29, 1.82) is 0 Å². The molecular weight excluding hydrogens is 319 g/mol. The molecule has 4 nitrogen and oxygen atoms in total. The van der Waals surface area contributed by atoms with Crippen LogP contribution in [0, 0.1) is 0 Å². The van der Waals surface area contributed by atoms with Gasteiger partial charge in [-0.25, -0.2) is 8.42 Å². The standard InChI is InChI=1S/C14H16F3NO3S/c15-14(16,17)12(10-4-2-1-3-5-10)8-13(19)18-11-6-7-22(20,21)9-11/h1-5,11-12H,6-9H2,(H,18,19). The average molecular weight is 335 g/mol. The van der Waals surface area contributed by atoms with Crippen LogP contribution in [0.15, 0.2) is 30.3 Å². The Hall–Kier alpha value is -1.57. The van der Waals surface area contributed by atoms with Gasteiger partial charge in [0, 0.05) is 12.5 Å². The highest BCUT2D eigenvalue weighted by atomic mass is 32.2. The average Bonchev–Trinajstić information content (AvgIpc) is 2.75. The number of alkyl halides is 3.